The second-order valence-electron chi connectivity index (χ2n) is 6.10. The quantitative estimate of drug-likeness (QED) is 0.674. The van der Waals surface area contributed by atoms with E-state index in [1.165, 1.54) is 23.5 Å². The predicted molar refractivity (Wildman–Crippen MR) is 85.6 cm³/mol. The standard InChI is InChI=1S/C16H16FN5O2/c1-16(2,3)24-15(23)22(11-4-6-18-13(17)8-11)12-5-7-21-14(9-12)19-10-20-21/h4-10H,1-3H3. The van der Waals surface area contributed by atoms with Crippen molar-refractivity contribution in [2.45, 2.75) is 26.4 Å². The number of fused-ring (bicyclic) bond motifs is 1. The highest BCUT2D eigenvalue weighted by atomic mass is 19.1. The maximum Gasteiger partial charge on any atom is 0.419 e. The molecule has 0 spiro atoms. The summed E-state index contributed by atoms with van der Waals surface area (Å²) in [6.07, 6.45) is 3.73. The molecule has 3 aromatic heterocycles. The molecule has 7 nitrogen and oxygen atoms in total. The minimum atomic E-state index is -0.695. The van der Waals surface area contributed by atoms with E-state index in [0.717, 1.165) is 6.07 Å². The second-order valence-corrected chi connectivity index (χ2v) is 6.10. The van der Waals surface area contributed by atoms with Crippen LogP contribution in [0.3, 0.4) is 0 Å². The van der Waals surface area contributed by atoms with Crippen LogP contribution in [0, 0.1) is 5.95 Å². The smallest absolute Gasteiger partial charge is 0.419 e. The molecule has 3 rings (SSSR count). The fourth-order valence-corrected chi connectivity index (χ4v) is 2.14. The second kappa shape index (κ2) is 5.88. The van der Waals surface area contributed by atoms with Gasteiger partial charge in [0.1, 0.15) is 11.9 Å². The van der Waals surface area contributed by atoms with E-state index in [1.54, 1.807) is 43.6 Å². The van der Waals surface area contributed by atoms with Gasteiger partial charge >= 0.3 is 6.09 Å². The Morgan fingerprint density at radius 2 is 1.96 bits per heavy atom. The van der Waals surface area contributed by atoms with Gasteiger partial charge in [-0.05, 0) is 32.9 Å². The SMILES string of the molecule is CC(C)(C)OC(=O)N(c1ccnc(F)c1)c1ccn2ncnc2c1. The molecular weight excluding hydrogens is 313 g/mol. The van der Waals surface area contributed by atoms with Gasteiger partial charge in [0.25, 0.3) is 0 Å². The van der Waals surface area contributed by atoms with E-state index in [2.05, 4.69) is 15.1 Å². The molecule has 24 heavy (non-hydrogen) atoms. The number of ether oxygens (including phenoxy) is 1. The Balaban J connectivity index is 2.08. The summed E-state index contributed by atoms with van der Waals surface area (Å²) in [7, 11) is 0. The van der Waals surface area contributed by atoms with Crippen LogP contribution in [0.2, 0.25) is 0 Å². The van der Waals surface area contributed by atoms with Gasteiger partial charge in [-0.3, -0.25) is 0 Å². The van der Waals surface area contributed by atoms with Crippen molar-refractivity contribution >= 4 is 23.1 Å². The minimum Gasteiger partial charge on any atom is -0.443 e. The van der Waals surface area contributed by atoms with Crippen LogP contribution in [0.1, 0.15) is 20.8 Å². The van der Waals surface area contributed by atoms with E-state index in [0.29, 0.717) is 17.0 Å². The summed E-state index contributed by atoms with van der Waals surface area (Å²) in [5.41, 5.74) is 0.645. The lowest BCUT2D eigenvalue weighted by atomic mass is 10.2. The van der Waals surface area contributed by atoms with Crippen LogP contribution in [0.5, 0.6) is 0 Å². The first-order valence-electron chi connectivity index (χ1n) is 7.27. The van der Waals surface area contributed by atoms with Crippen molar-refractivity contribution in [1.82, 2.24) is 19.6 Å². The third-order valence-corrected chi connectivity index (χ3v) is 3.07. The molecule has 3 aromatic rings. The summed E-state index contributed by atoms with van der Waals surface area (Å²) in [4.78, 5) is 21.5. The van der Waals surface area contributed by atoms with Crippen molar-refractivity contribution in [2.75, 3.05) is 4.90 Å². The van der Waals surface area contributed by atoms with Crippen LogP contribution >= 0.6 is 0 Å². The molecule has 0 unspecified atom stereocenters. The lowest BCUT2D eigenvalue weighted by molar-refractivity contribution is 0.0599. The molecule has 0 aliphatic rings. The Hall–Kier alpha value is -3.03. The number of halogens is 1. The maximum atomic E-state index is 13.5. The Morgan fingerprint density at radius 1 is 1.21 bits per heavy atom. The third kappa shape index (κ3) is 3.32. The lowest BCUT2D eigenvalue weighted by Gasteiger charge is -2.27. The molecule has 0 aromatic carbocycles. The molecule has 0 atom stereocenters. The summed E-state index contributed by atoms with van der Waals surface area (Å²) in [5, 5.41) is 4.01. The van der Waals surface area contributed by atoms with Gasteiger partial charge in [0, 0.05) is 24.5 Å². The van der Waals surface area contributed by atoms with Crippen molar-refractivity contribution in [2.24, 2.45) is 0 Å². The van der Waals surface area contributed by atoms with Crippen LogP contribution in [-0.4, -0.2) is 31.3 Å². The molecule has 0 radical (unpaired) electrons. The van der Waals surface area contributed by atoms with Crippen LogP contribution in [0.4, 0.5) is 20.6 Å². The predicted octanol–water partition coefficient (Wildman–Crippen LogP) is 3.34. The van der Waals surface area contributed by atoms with Crippen LogP contribution < -0.4 is 4.90 Å². The number of nitrogens with zero attached hydrogens (tertiary/aromatic N) is 5. The number of rotatable bonds is 2. The average molecular weight is 329 g/mol. The zero-order chi connectivity index (χ0) is 17.3. The number of pyridine rings is 2. The van der Waals surface area contributed by atoms with Gasteiger partial charge in [-0.1, -0.05) is 0 Å². The number of anilines is 2. The molecule has 0 aliphatic heterocycles. The number of carbonyl (C=O) groups excluding carboxylic acids is 1. The highest BCUT2D eigenvalue weighted by molar-refractivity contribution is 5.96. The molecule has 1 amide bonds. The molecule has 0 saturated heterocycles. The van der Waals surface area contributed by atoms with E-state index in [9.17, 15) is 9.18 Å². The van der Waals surface area contributed by atoms with Gasteiger partial charge in [-0.2, -0.15) is 9.49 Å². The minimum absolute atomic E-state index is 0.306. The third-order valence-electron chi connectivity index (χ3n) is 3.07. The molecule has 0 bridgehead atoms. The van der Waals surface area contributed by atoms with Crippen molar-refractivity contribution < 1.29 is 13.9 Å². The fraction of sp³-hybridized carbons (Fsp3) is 0.250. The molecule has 124 valence electrons. The normalized spacial score (nSPS) is 11.5. The Morgan fingerprint density at radius 3 is 2.67 bits per heavy atom. The Labute approximate surface area is 137 Å². The van der Waals surface area contributed by atoms with Crippen molar-refractivity contribution in [3.63, 3.8) is 0 Å². The van der Waals surface area contributed by atoms with Crippen molar-refractivity contribution in [3.8, 4) is 0 Å². The number of carbonyl (C=O) groups is 1. The zero-order valence-electron chi connectivity index (χ0n) is 13.5. The number of amides is 1. The van der Waals surface area contributed by atoms with Gasteiger partial charge < -0.3 is 4.74 Å². The maximum absolute atomic E-state index is 13.5. The molecule has 0 aliphatic carbocycles. The first-order chi connectivity index (χ1) is 11.3. The number of hydrogen-bond acceptors (Lipinski definition) is 5. The summed E-state index contributed by atoms with van der Waals surface area (Å²) >= 11 is 0. The summed E-state index contributed by atoms with van der Waals surface area (Å²) < 4.78 is 20.5. The summed E-state index contributed by atoms with van der Waals surface area (Å²) in [6, 6.07) is 6.03. The molecule has 0 fully saturated rings. The average Bonchev–Trinajstić information content (AvgIpc) is 2.93. The van der Waals surface area contributed by atoms with Gasteiger partial charge in [-0.15, -0.1) is 0 Å². The highest BCUT2D eigenvalue weighted by Gasteiger charge is 2.25. The van der Waals surface area contributed by atoms with Gasteiger partial charge in [-0.25, -0.2) is 24.2 Å². The summed E-state index contributed by atoms with van der Waals surface area (Å²) in [5.74, 6) is -0.690. The van der Waals surface area contributed by atoms with E-state index < -0.39 is 17.6 Å². The molecule has 3 heterocycles. The van der Waals surface area contributed by atoms with Crippen molar-refractivity contribution in [3.05, 3.63) is 48.9 Å². The molecule has 0 N–H and O–H groups in total. The first kappa shape index (κ1) is 15.9. The van der Waals surface area contributed by atoms with E-state index >= 15 is 0 Å². The largest absolute Gasteiger partial charge is 0.443 e. The van der Waals surface area contributed by atoms with Crippen LogP contribution in [-0.2, 0) is 4.74 Å². The highest BCUT2D eigenvalue weighted by Crippen LogP contribution is 2.28. The molecule has 8 heteroatoms. The first-order valence-corrected chi connectivity index (χ1v) is 7.27. The number of aromatic nitrogens is 4. The van der Waals surface area contributed by atoms with E-state index in [4.69, 9.17) is 4.74 Å². The van der Waals surface area contributed by atoms with Crippen LogP contribution in [0.25, 0.3) is 5.65 Å². The fourth-order valence-electron chi connectivity index (χ4n) is 2.14. The zero-order valence-corrected chi connectivity index (χ0v) is 13.5. The summed E-state index contributed by atoms with van der Waals surface area (Å²) in [6.45, 7) is 5.29. The number of hydrogen-bond donors (Lipinski definition) is 0. The topological polar surface area (TPSA) is 72.6 Å². The Bertz CT molecular complexity index is 887. The van der Waals surface area contributed by atoms with Crippen molar-refractivity contribution in [1.29, 1.82) is 0 Å². The van der Waals surface area contributed by atoms with E-state index in [-0.39, 0.29) is 0 Å². The molecule has 0 saturated carbocycles. The van der Waals surface area contributed by atoms with Gasteiger partial charge in [0.05, 0.1) is 11.4 Å². The Kier molecular flexibility index (Phi) is 3.88. The molecular formula is C16H16FN5O2. The monoisotopic (exact) mass is 329 g/mol. The lowest BCUT2D eigenvalue weighted by Crippen LogP contribution is -2.34. The van der Waals surface area contributed by atoms with E-state index in [1.807, 2.05) is 0 Å². The van der Waals surface area contributed by atoms with Gasteiger partial charge in [0.2, 0.25) is 5.95 Å². The van der Waals surface area contributed by atoms with Crippen LogP contribution in [0.15, 0.2) is 43.0 Å². The van der Waals surface area contributed by atoms with Gasteiger partial charge in [0.15, 0.2) is 5.65 Å².